The summed E-state index contributed by atoms with van der Waals surface area (Å²) in [5, 5.41) is 11.8. The lowest BCUT2D eigenvalue weighted by molar-refractivity contribution is -0.120. The van der Waals surface area contributed by atoms with Crippen molar-refractivity contribution in [2.45, 2.75) is 12.8 Å². The number of fused-ring (bicyclic) bond motifs is 1. The van der Waals surface area contributed by atoms with E-state index in [1.807, 2.05) is 11.9 Å². The number of carboxylic acid groups (broad SMARTS) is 1. The quantitative estimate of drug-likeness (QED) is 0.788. The van der Waals surface area contributed by atoms with Crippen LogP contribution in [0.5, 0.6) is 0 Å². The molecule has 2 aliphatic rings. The molecule has 1 fully saturated rings. The van der Waals surface area contributed by atoms with Gasteiger partial charge in [0, 0.05) is 13.6 Å². The molecule has 0 bridgehead atoms. The first-order chi connectivity index (χ1) is 8.52. The van der Waals surface area contributed by atoms with E-state index >= 15 is 0 Å². The third-order valence-corrected chi connectivity index (χ3v) is 3.78. The lowest BCUT2D eigenvalue weighted by atomic mass is 10.1. The number of carbonyl (C=O) groups excluding carboxylic acids is 1. The van der Waals surface area contributed by atoms with Crippen LogP contribution in [0.4, 0.5) is 11.4 Å². The van der Waals surface area contributed by atoms with E-state index in [1.165, 1.54) is 6.07 Å². The summed E-state index contributed by atoms with van der Waals surface area (Å²) in [4.78, 5) is 25.1. The Morgan fingerprint density at radius 3 is 2.78 bits per heavy atom. The minimum atomic E-state index is -0.986. The van der Waals surface area contributed by atoms with Crippen LogP contribution in [-0.2, 0) is 4.79 Å². The summed E-state index contributed by atoms with van der Waals surface area (Å²) in [6.45, 7) is 0.693. The molecular formula is C13H14N2O3. The molecule has 1 spiro atoms. The minimum absolute atomic E-state index is 0.00985. The first kappa shape index (κ1) is 11.1. The molecule has 0 atom stereocenters. The molecule has 1 aliphatic heterocycles. The van der Waals surface area contributed by atoms with E-state index < -0.39 is 5.97 Å². The summed E-state index contributed by atoms with van der Waals surface area (Å²) in [5.74, 6) is -0.976. The fourth-order valence-electron chi connectivity index (χ4n) is 2.50. The zero-order chi connectivity index (χ0) is 12.9. The number of carboxylic acids is 1. The maximum Gasteiger partial charge on any atom is 0.335 e. The van der Waals surface area contributed by atoms with Gasteiger partial charge in [0.25, 0.3) is 0 Å². The van der Waals surface area contributed by atoms with Gasteiger partial charge in [-0.05, 0) is 31.0 Å². The van der Waals surface area contributed by atoms with Gasteiger partial charge in [0.1, 0.15) is 0 Å². The highest BCUT2D eigenvalue weighted by molar-refractivity contribution is 6.03. The lowest BCUT2D eigenvalue weighted by Crippen LogP contribution is -2.31. The molecule has 0 saturated heterocycles. The van der Waals surface area contributed by atoms with Gasteiger partial charge >= 0.3 is 5.97 Å². The van der Waals surface area contributed by atoms with Crippen molar-refractivity contribution in [3.05, 3.63) is 23.8 Å². The average Bonchev–Trinajstić information content (AvgIpc) is 3.09. The molecule has 18 heavy (non-hydrogen) atoms. The largest absolute Gasteiger partial charge is 0.478 e. The smallest absolute Gasteiger partial charge is 0.335 e. The Morgan fingerprint density at radius 1 is 1.44 bits per heavy atom. The molecule has 1 aromatic rings. The molecule has 1 heterocycles. The fourth-order valence-corrected chi connectivity index (χ4v) is 2.50. The second kappa shape index (κ2) is 3.48. The molecule has 1 aliphatic carbocycles. The van der Waals surface area contributed by atoms with Crippen LogP contribution >= 0.6 is 0 Å². The number of hydrogen-bond donors (Lipinski definition) is 2. The summed E-state index contributed by atoms with van der Waals surface area (Å²) < 4.78 is 0. The summed E-state index contributed by atoms with van der Waals surface area (Å²) in [5.41, 5.74) is 1.38. The normalized spacial score (nSPS) is 20.1. The van der Waals surface area contributed by atoms with E-state index in [1.54, 1.807) is 12.1 Å². The van der Waals surface area contributed by atoms with Crippen LogP contribution in [0.1, 0.15) is 23.2 Å². The first-order valence-corrected chi connectivity index (χ1v) is 5.92. The van der Waals surface area contributed by atoms with Crippen molar-refractivity contribution in [3.8, 4) is 0 Å². The summed E-state index contributed by atoms with van der Waals surface area (Å²) >= 11 is 0. The first-order valence-electron chi connectivity index (χ1n) is 5.92. The highest BCUT2D eigenvalue weighted by Gasteiger charge is 2.52. The maximum atomic E-state index is 12.1. The number of anilines is 2. The molecule has 1 saturated carbocycles. The number of carbonyl (C=O) groups is 2. The molecular weight excluding hydrogens is 232 g/mol. The van der Waals surface area contributed by atoms with Gasteiger partial charge in [-0.2, -0.15) is 0 Å². The Balaban J connectivity index is 2.05. The average molecular weight is 246 g/mol. The van der Waals surface area contributed by atoms with Crippen molar-refractivity contribution in [2.24, 2.45) is 5.41 Å². The summed E-state index contributed by atoms with van der Waals surface area (Å²) in [7, 11) is 1.93. The monoisotopic (exact) mass is 246 g/mol. The van der Waals surface area contributed by atoms with E-state index in [0.29, 0.717) is 12.2 Å². The van der Waals surface area contributed by atoms with Crippen molar-refractivity contribution >= 4 is 23.3 Å². The molecule has 1 aromatic carbocycles. The van der Waals surface area contributed by atoms with E-state index in [-0.39, 0.29) is 16.9 Å². The fraction of sp³-hybridized carbons (Fsp3) is 0.385. The standard InChI is InChI=1S/C13H14N2O3/c1-15-7-13(4-5-13)12(18)14-9-6-8(11(16)17)2-3-10(9)15/h2-3,6H,4-5,7H2,1H3,(H,14,18)(H,16,17). The van der Waals surface area contributed by atoms with E-state index in [0.717, 1.165) is 18.5 Å². The topological polar surface area (TPSA) is 69.6 Å². The van der Waals surface area contributed by atoms with Crippen molar-refractivity contribution in [3.63, 3.8) is 0 Å². The van der Waals surface area contributed by atoms with Crippen LogP contribution in [0.2, 0.25) is 0 Å². The lowest BCUT2D eigenvalue weighted by Gasteiger charge is -2.21. The molecule has 5 nitrogen and oxygen atoms in total. The van der Waals surface area contributed by atoms with E-state index in [4.69, 9.17) is 5.11 Å². The molecule has 3 rings (SSSR count). The molecule has 0 aromatic heterocycles. The van der Waals surface area contributed by atoms with Gasteiger partial charge in [-0.3, -0.25) is 4.79 Å². The zero-order valence-electron chi connectivity index (χ0n) is 10.1. The van der Waals surface area contributed by atoms with Crippen LogP contribution in [0.15, 0.2) is 18.2 Å². The number of aromatic carboxylic acids is 1. The Bertz CT molecular complexity index is 549. The number of rotatable bonds is 1. The Hall–Kier alpha value is -2.04. The van der Waals surface area contributed by atoms with Crippen molar-refractivity contribution in [1.82, 2.24) is 0 Å². The van der Waals surface area contributed by atoms with Crippen LogP contribution < -0.4 is 10.2 Å². The number of hydrogen-bond acceptors (Lipinski definition) is 3. The van der Waals surface area contributed by atoms with Gasteiger partial charge in [-0.15, -0.1) is 0 Å². The molecule has 0 unspecified atom stereocenters. The summed E-state index contributed by atoms with van der Waals surface area (Å²) in [6.07, 6.45) is 1.81. The van der Waals surface area contributed by atoms with E-state index in [2.05, 4.69) is 5.32 Å². The van der Waals surface area contributed by atoms with Gasteiger partial charge in [0.15, 0.2) is 0 Å². The third-order valence-electron chi connectivity index (χ3n) is 3.78. The second-order valence-electron chi connectivity index (χ2n) is 5.13. The van der Waals surface area contributed by atoms with Gasteiger partial charge in [-0.1, -0.05) is 0 Å². The SMILES string of the molecule is CN1CC2(CC2)C(=O)Nc2cc(C(=O)O)ccc21. The van der Waals surface area contributed by atoms with Crippen LogP contribution in [-0.4, -0.2) is 30.6 Å². The molecule has 5 heteroatoms. The highest BCUT2D eigenvalue weighted by atomic mass is 16.4. The van der Waals surface area contributed by atoms with Crippen molar-refractivity contribution in [2.75, 3.05) is 23.8 Å². The van der Waals surface area contributed by atoms with Crippen molar-refractivity contribution in [1.29, 1.82) is 0 Å². The number of nitrogens with zero attached hydrogens (tertiary/aromatic N) is 1. The van der Waals surface area contributed by atoms with Gasteiger partial charge in [0.2, 0.25) is 5.91 Å². The van der Waals surface area contributed by atoms with Gasteiger partial charge in [-0.25, -0.2) is 4.79 Å². The van der Waals surface area contributed by atoms with Crippen molar-refractivity contribution < 1.29 is 14.7 Å². The number of nitrogens with one attached hydrogen (secondary N) is 1. The van der Waals surface area contributed by atoms with E-state index in [9.17, 15) is 9.59 Å². The van der Waals surface area contributed by atoms with Crippen LogP contribution in [0.3, 0.4) is 0 Å². The minimum Gasteiger partial charge on any atom is -0.478 e. The number of amides is 1. The predicted molar refractivity (Wildman–Crippen MR) is 67.0 cm³/mol. The maximum absolute atomic E-state index is 12.1. The van der Waals surface area contributed by atoms with Crippen LogP contribution in [0.25, 0.3) is 0 Å². The summed E-state index contributed by atoms with van der Waals surface area (Å²) in [6, 6.07) is 4.84. The molecule has 2 N–H and O–H groups in total. The number of benzene rings is 1. The predicted octanol–water partition coefficient (Wildman–Crippen LogP) is 1.55. The third kappa shape index (κ3) is 1.54. The Morgan fingerprint density at radius 2 is 2.17 bits per heavy atom. The highest BCUT2D eigenvalue weighted by Crippen LogP contribution is 2.50. The van der Waals surface area contributed by atoms with Crippen LogP contribution in [0, 0.1) is 5.41 Å². The molecule has 0 radical (unpaired) electrons. The Kier molecular flexibility index (Phi) is 2.14. The Labute approximate surface area is 104 Å². The van der Waals surface area contributed by atoms with Gasteiger partial charge < -0.3 is 15.3 Å². The van der Waals surface area contributed by atoms with Gasteiger partial charge in [0.05, 0.1) is 22.4 Å². The zero-order valence-corrected chi connectivity index (χ0v) is 10.1. The molecule has 94 valence electrons. The molecule has 1 amide bonds. The second-order valence-corrected chi connectivity index (χ2v) is 5.13.